The van der Waals surface area contributed by atoms with Crippen molar-refractivity contribution in [1.82, 2.24) is 0 Å². The van der Waals surface area contributed by atoms with E-state index >= 15 is 0 Å². The second-order valence-electron chi connectivity index (χ2n) is 5.85. The molecule has 154 valence electrons. The van der Waals surface area contributed by atoms with Crippen LogP contribution in [0, 0.1) is 0 Å². The van der Waals surface area contributed by atoms with Crippen molar-refractivity contribution in [3.05, 3.63) is 0 Å². The van der Waals surface area contributed by atoms with E-state index in [2.05, 4.69) is 4.74 Å². The fourth-order valence-corrected chi connectivity index (χ4v) is 2.45. The molecule has 2 unspecified atom stereocenters. The van der Waals surface area contributed by atoms with Crippen LogP contribution in [0.15, 0.2) is 0 Å². The molecule has 1 aliphatic heterocycles. The molecule has 6 atom stereocenters. The van der Waals surface area contributed by atoms with Gasteiger partial charge in [-0.3, -0.25) is 14.4 Å². The summed E-state index contributed by atoms with van der Waals surface area (Å²) in [5.41, 5.74) is 0. The summed E-state index contributed by atoms with van der Waals surface area (Å²) in [5, 5.41) is 9.42. The van der Waals surface area contributed by atoms with E-state index in [-0.39, 0.29) is 6.61 Å². The van der Waals surface area contributed by atoms with Gasteiger partial charge in [0.2, 0.25) is 0 Å². The van der Waals surface area contributed by atoms with E-state index < -0.39 is 60.7 Å². The maximum absolute atomic E-state index is 12.1. The van der Waals surface area contributed by atoms with Crippen molar-refractivity contribution in [3.63, 3.8) is 0 Å². The lowest BCUT2D eigenvalue weighted by Crippen LogP contribution is -2.64. The van der Waals surface area contributed by atoms with E-state index in [9.17, 15) is 24.3 Å². The number of esters is 4. The average molecular weight is 392 g/mol. The van der Waals surface area contributed by atoms with Gasteiger partial charge in [0.25, 0.3) is 0 Å². The molecule has 1 fully saturated rings. The number of ether oxygens (including phenoxy) is 6. The van der Waals surface area contributed by atoms with E-state index in [4.69, 9.17) is 23.7 Å². The maximum atomic E-state index is 12.1. The van der Waals surface area contributed by atoms with Gasteiger partial charge in [-0.25, -0.2) is 4.79 Å². The molecule has 1 saturated heterocycles. The van der Waals surface area contributed by atoms with Gasteiger partial charge in [-0.2, -0.15) is 0 Å². The molecule has 0 aromatic heterocycles. The molecule has 11 heteroatoms. The van der Waals surface area contributed by atoms with Crippen LogP contribution in [0.5, 0.6) is 0 Å². The summed E-state index contributed by atoms with van der Waals surface area (Å²) in [4.78, 5) is 46.7. The van der Waals surface area contributed by atoms with Crippen molar-refractivity contribution in [3.8, 4) is 0 Å². The van der Waals surface area contributed by atoms with Gasteiger partial charge in [0.15, 0.2) is 30.7 Å². The van der Waals surface area contributed by atoms with E-state index in [1.54, 1.807) is 0 Å². The van der Waals surface area contributed by atoms with Crippen LogP contribution in [0.3, 0.4) is 0 Å². The summed E-state index contributed by atoms with van der Waals surface area (Å²) in [6, 6.07) is 0. The van der Waals surface area contributed by atoms with Crippen molar-refractivity contribution in [2.45, 2.75) is 64.5 Å². The first kappa shape index (κ1) is 22.8. The Balaban J connectivity index is 3.31. The Kier molecular flexibility index (Phi) is 8.60. The van der Waals surface area contributed by atoms with Gasteiger partial charge in [-0.05, 0) is 6.92 Å². The number of aliphatic hydroxyl groups excluding tert-OH is 1. The lowest BCUT2D eigenvalue weighted by molar-refractivity contribution is -0.304. The van der Waals surface area contributed by atoms with Gasteiger partial charge in [-0.15, -0.1) is 0 Å². The molecule has 0 aromatic carbocycles. The fraction of sp³-hybridized carbons (Fsp3) is 0.750. The van der Waals surface area contributed by atoms with Gasteiger partial charge in [0.05, 0.1) is 19.8 Å². The van der Waals surface area contributed by atoms with Crippen LogP contribution in [-0.4, -0.2) is 79.5 Å². The zero-order valence-electron chi connectivity index (χ0n) is 15.7. The topological polar surface area (TPSA) is 144 Å². The minimum absolute atomic E-state index is 0.235. The summed E-state index contributed by atoms with van der Waals surface area (Å²) in [5.74, 6) is -3.26. The van der Waals surface area contributed by atoms with Crippen molar-refractivity contribution in [2.24, 2.45) is 0 Å². The van der Waals surface area contributed by atoms with Gasteiger partial charge < -0.3 is 33.5 Å². The summed E-state index contributed by atoms with van der Waals surface area (Å²) in [7, 11) is 1.08. The molecule has 1 heterocycles. The smallest absolute Gasteiger partial charge is 0.339 e. The molecule has 0 aliphatic carbocycles. The number of hydrogen-bond donors (Lipinski definition) is 1. The van der Waals surface area contributed by atoms with Gasteiger partial charge in [-0.1, -0.05) is 0 Å². The molecule has 27 heavy (non-hydrogen) atoms. The highest BCUT2D eigenvalue weighted by Crippen LogP contribution is 2.30. The molecule has 11 nitrogen and oxygen atoms in total. The number of carbonyl (C=O) groups is 4. The van der Waals surface area contributed by atoms with Crippen molar-refractivity contribution in [1.29, 1.82) is 0 Å². The Morgan fingerprint density at radius 3 is 1.85 bits per heavy atom. The fourth-order valence-electron chi connectivity index (χ4n) is 2.45. The van der Waals surface area contributed by atoms with E-state index in [1.807, 2.05) is 0 Å². The predicted molar refractivity (Wildman–Crippen MR) is 85.0 cm³/mol. The van der Waals surface area contributed by atoms with Gasteiger partial charge >= 0.3 is 23.9 Å². The molecule has 0 radical (unpaired) electrons. The van der Waals surface area contributed by atoms with Crippen LogP contribution in [0.25, 0.3) is 0 Å². The normalized spacial score (nSPS) is 28.6. The van der Waals surface area contributed by atoms with Crippen LogP contribution in [0.2, 0.25) is 0 Å². The van der Waals surface area contributed by atoms with E-state index in [0.717, 1.165) is 27.9 Å². The molecule has 0 bridgehead atoms. The van der Waals surface area contributed by atoms with Crippen molar-refractivity contribution < 1.29 is 52.7 Å². The van der Waals surface area contributed by atoms with Gasteiger partial charge in [0.1, 0.15) is 0 Å². The third-order valence-corrected chi connectivity index (χ3v) is 3.34. The van der Waals surface area contributed by atoms with Crippen LogP contribution < -0.4 is 0 Å². The SMILES string of the molecule is COC(=O)C1O[C@@H](OCC(C)O)[C@@H](OC(C)=O)[C@@H](OC(C)=O)[C@H]1OC(C)=O. The number of hydrogen-bond acceptors (Lipinski definition) is 11. The highest BCUT2D eigenvalue weighted by Gasteiger charge is 2.55. The minimum atomic E-state index is -1.52. The molecule has 0 saturated carbocycles. The first-order chi connectivity index (χ1) is 12.6. The Morgan fingerprint density at radius 2 is 1.41 bits per heavy atom. The third-order valence-electron chi connectivity index (χ3n) is 3.34. The molecule has 0 spiro atoms. The number of rotatable bonds is 7. The predicted octanol–water partition coefficient (Wildman–Crippen LogP) is -0.923. The van der Waals surface area contributed by atoms with E-state index in [0.29, 0.717) is 0 Å². The van der Waals surface area contributed by atoms with Crippen LogP contribution in [0.1, 0.15) is 27.7 Å². The summed E-state index contributed by atoms with van der Waals surface area (Å²) in [6.45, 7) is 4.47. The lowest BCUT2D eigenvalue weighted by atomic mass is 9.97. The first-order valence-corrected chi connectivity index (χ1v) is 8.11. The molecular weight excluding hydrogens is 368 g/mol. The highest BCUT2D eigenvalue weighted by atomic mass is 16.7. The molecule has 1 aliphatic rings. The number of carbonyl (C=O) groups excluding carboxylic acids is 4. The maximum Gasteiger partial charge on any atom is 0.339 e. The molecular formula is C16H24O11. The largest absolute Gasteiger partial charge is 0.467 e. The van der Waals surface area contributed by atoms with Crippen LogP contribution >= 0.6 is 0 Å². The third kappa shape index (κ3) is 6.77. The van der Waals surface area contributed by atoms with Crippen LogP contribution in [0.4, 0.5) is 0 Å². The van der Waals surface area contributed by atoms with Crippen molar-refractivity contribution >= 4 is 23.9 Å². The monoisotopic (exact) mass is 392 g/mol. The minimum Gasteiger partial charge on any atom is -0.467 e. The summed E-state index contributed by atoms with van der Waals surface area (Å²) < 4.78 is 30.8. The second-order valence-corrected chi connectivity index (χ2v) is 5.85. The van der Waals surface area contributed by atoms with E-state index in [1.165, 1.54) is 6.92 Å². The van der Waals surface area contributed by atoms with Gasteiger partial charge in [0, 0.05) is 20.8 Å². The average Bonchev–Trinajstić information content (AvgIpc) is 2.54. The second kappa shape index (κ2) is 10.2. The zero-order chi connectivity index (χ0) is 20.7. The molecule has 0 amide bonds. The molecule has 1 rings (SSSR count). The summed E-state index contributed by atoms with van der Waals surface area (Å²) in [6.07, 6.45) is -8.04. The Hall–Kier alpha value is -2.24. The molecule has 1 N–H and O–H groups in total. The quantitative estimate of drug-likeness (QED) is 0.424. The highest BCUT2D eigenvalue weighted by molar-refractivity contribution is 5.77. The standard InChI is InChI=1S/C16H24O11/c1-7(17)6-23-16-14(26-10(4)20)12(25-9(3)19)11(24-8(2)18)13(27-16)15(21)22-5/h7,11-14,16-17H,6H2,1-5H3/t7?,11-,12+,13?,14+,16-/m1/s1. The molecule has 0 aromatic rings. The number of aliphatic hydroxyl groups is 1. The summed E-state index contributed by atoms with van der Waals surface area (Å²) >= 11 is 0. The number of methoxy groups -OCH3 is 1. The Morgan fingerprint density at radius 1 is 0.926 bits per heavy atom. The Labute approximate surface area is 155 Å². The lowest BCUT2D eigenvalue weighted by Gasteiger charge is -2.43. The van der Waals surface area contributed by atoms with Crippen molar-refractivity contribution in [2.75, 3.05) is 13.7 Å². The van der Waals surface area contributed by atoms with Crippen LogP contribution in [-0.2, 0) is 47.6 Å². The Bertz CT molecular complexity index is 559. The first-order valence-electron chi connectivity index (χ1n) is 8.11. The zero-order valence-corrected chi connectivity index (χ0v) is 15.7.